The maximum Gasteiger partial charge on any atom is 0.294 e. The smallest absolute Gasteiger partial charge is 0.294 e. The molecule has 34 heavy (non-hydrogen) atoms. The Labute approximate surface area is 205 Å². The fourth-order valence-corrected chi connectivity index (χ4v) is 5.11. The van der Waals surface area contributed by atoms with Gasteiger partial charge in [-0.15, -0.1) is 11.3 Å². The lowest BCUT2D eigenvalue weighted by Crippen LogP contribution is -2.31. The summed E-state index contributed by atoms with van der Waals surface area (Å²) in [4.78, 5) is 31.0. The molecule has 0 saturated carbocycles. The first-order chi connectivity index (χ1) is 16.4. The van der Waals surface area contributed by atoms with E-state index in [9.17, 15) is 14.7 Å². The Morgan fingerprint density at radius 2 is 1.68 bits per heavy atom. The molecule has 0 fully saturated rings. The van der Waals surface area contributed by atoms with Crippen LogP contribution in [0.4, 0.5) is 11.4 Å². The molecule has 1 atom stereocenters. The molecule has 1 aliphatic rings. The lowest BCUT2D eigenvalue weighted by atomic mass is 9.94. The lowest BCUT2D eigenvalue weighted by molar-refractivity contribution is -0.117. The molecule has 0 aliphatic carbocycles. The van der Waals surface area contributed by atoms with Crippen LogP contribution in [0.3, 0.4) is 0 Å². The Bertz CT molecular complexity index is 1190. The molecule has 0 saturated heterocycles. The number of rotatable bonds is 8. The van der Waals surface area contributed by atoms with Crippen LogP contribution in [0.5, 0.6) is 0 Å². The molecule has 4 rings (SSSR count). The van der Waals surface area contributed by atoms with Crippen molar-refractivity contribution in [3.63, 3.8) is 0 Å². The standard InChI is InChI=1S/C28H30N2O3S/c1-5-29(6-2)21-13-11-20(12-14-21)25-24(26(31)23-8-7-17-34-23)27(32)28(33)30(25)22-15-9-19(10-16-22)18(3)4/h7-18,25,32H,5-6H2,1-4H3. The average Bonchev–Trinajstić information content (AvgIpc) is 3.47. The molecule has 1 unspecified atom stereocenters. The third-order valence-electron chi connectivity index (χ3n) is 6.37. The van der Waals surface area contributed by atoms with Gasteiger partial charge in [0, 0.05) is 24.5 Å². The van der Waals surface area contributed by atoms with E-state index in [1.165, 1.54) is 16.2 Å². The molecule has 0 spiro atoms. The summed E-state index contributed by atoms with van der Waals surface area (Å²) in [7, 11) is 0. The molecule has 0 bridgehead atoms. The second kappa shape index (κ2) is 9.85. The molecule has 3 aromatic rings. The van der Waals surface area contributed by atoms with Gasteiger partial charge in [0.2, 0.25) is 5.78 Å². The van der Waals surface area contributed by atoms with Crippen molar-refractivity contribution in [2.45, 2.75) is 39.7 Å². The molecule has 1 aliphatic heterocycles. The first kappa shape index (κ1) is 23.8. The Morgan fingerprint density at radius 1 is 1.03 bits per heavy atom. The number of hydrogen-bond donors (Lipinski definition) is 1. The van der Waals surface area contributed by atoms with E-state index in [0.29, 0.717) is 16.5 Å². The maximum atomic E-state index is 13.4. The second-order valence-electron chi connectivity index (χ2n) is 8.66. The number of benzene rings is 2. The van der Waals surface area contributed by atoms with Crippen molar-refractivity contribution in [1.29, 1.82) is 0 Å². The number of thiophene rings is 1. The molecule has 5 nitrogen and oxygen atoms in total. The Morgan fingerprint density at radius 3 is 2.21 bits per heavy atom. The van der Waals surface area contributed by atoms with Crippen LogP contribution in [0.1, 0.15) is 60.5 Å². The molecule has 1 N–H and O–H groups in total. The highest BCUT2D eigenvalue weighted by atomic mass is 32.1. The summed E-state index contributed by atoms with van der Waals surface area (Å²) >= 11 is 1.30. The van der Waals surface area contributed by atoms with Crippen LogP contribution in [0.25, 0.3) is 0 Å². The van der Waals surface area contributed by atoms with E-state index in [2.05, 4.69) is 32.6 Å². The summed E-state index contributed by atoms with van der Waals surface area (Å²) in [6, 6.07) is 18.5. The Kier molecular flexibility index (Phi) is 6.89. The highest BCUT2D eigenvalue weighted by Gasteiger charge is 2.44. The van der Waals surface area contributed by atoms with E-state index in [-0.39, 0.29) is 11.4 Å². The van der Waals surface area contributed by atoms with E-state index in [1.807, 2.05) is 53.9 Å². The van der Waals surface area contributed by atoms with Crippen LogP contribution in [-0.4, -0.2) is 29.9 Å². The minimum Gasteiger partial charge on any atom is -0.503 e. The number of Topliss-reactive ketones (excluding diaryl/α,β-unsaturated/α-hetero) is 1. The number of anilines is 2. The molecule has 176 valence electrons. The molecular weight excluding hydrogens is 444 g/mol. The fraction of sp³-hybridized carbons (Fsp3) is 0.286. The number of amides is 1. The number of nitrogens with zero attached hydrogens (tertiary/aromatic N) is 2. The molecule has 1 aromatic heterocycles. The highest BCUT2D eigenvalue weighted by Crippen LogP contribution is 2.42. The van der Waals surface area contributed by atoms with Gasteiger partial charge in [-0.1, -0.05) is 44.2 Å². The van der Waals surface area contributed by atoms with Crippen LogP contribution in [-0.2, 0) is 4.79 Å². The fourth-order valence-electron chi connectivity index (χ4n) is 4.44. The summed E-state index contributed by atoms with van der Waals surface area (Å²) in [6.45, 7) is 10.2. The summed E-state index contributed by atoms with van der Waals surface area (Å²) < 4.78 is 0. The van der Waals surface area contributed by atoms with Crippen molar-refractivity contribution < 1.29 is 14.7 Å². The number of ketones is 1. The van der Waals surface area contributed by atoms with Crippen LogP contribution in [0.2, 0.25) is 0 Å². The van der Waals surface area contributed by atoms with Gasteiger partial charge in [0.15, 0.2) is 5.76 Å². The third-order valence-corrected chi connectivity index (χ3v) is 7.24. The van der Waals surface area contributed by atoms with Gasteiger partial charge in [0.05, 0.1) is 16.5 Å². The summed E-state index contributed by atoms with van der Waals surface area (Å²) in [5, 5.41) is 12.7. The molecule has 2 heterocycles. The average molecular weight is 475 g/mol. The predicted octanol–water partition coefficient (Wildman–Crippen LogP) is 6.50. The zero-order chi connectivity index (χ0) is 24.4. The molecule has 2 aromatic carbocycles. The largest absolute Gasteiger partial charge is 0.503 e. The quantitative estimate of drug-likeness (QED) is 0.379. The zero-order valence-electron chi connectivity index (χ0n) is 20.0. The SMILES string of the molecule is CCN(CC)c1ccc(C2C(C(=O)c3cccs3)=C(O)C(=O)N2c2ccc(C(C)C)cc2)cc1. The van der Waals surface area contributed by atoms with Crippen LogP contribution < -0.4 is 9.80 Å². The van der Waals surface area contributed by atoms with Crippen molar-refractivity contribution in [3.05, 3.63) is 93.4 Å². The number of aliphatic hydroxyl groups excluding tert-OH is 1. The number of hydrogen-bond acceptors (Lipinski definition) is 5. The van der Waals surface area contributed by atoms with Crippen molar-refractivity contribution >= 4 is 34.4 Å². The Balaban J connectivity index is 1.81. The van der Waals surface area contributed by atoms with Crippen LogP contribution in [0.15, 0.2) is 77.4 Å². The third kappa shape index (κ3) is 4.26. The van der Waals surface area contributed by atoms with Gasteiger partial charge in [-0.05, 0) is 66.6 Å². The first-order valence-corrected chi connectivity index (χ1v) is 12.5. The van der Waals surface area contributed by atoms with Gasteiger partial charge in [-0.25, -0.2) is 0 Å². The summed E-state index contributed by atoms with van der Waals surface area (Å²) in [5.41, 5.74) is 3.78. The molecular formula is C28H30N2O3S. The van der Waals surface area contributed by atoms with Gasteiger partial charge in [0.25, 0.3) is 5.91 Å². The Hall–Kier alpha value is -3.38. The minimum atomic E-state index is -0.710. The zero-order valence-corrected chi connectivity index (χ0v) is 20.8. The normalized spacial score (nSPS) is 16.0. The molecule has 1 amide bonds. The van der Waals surface area contributed by atoms with Crippen molar-refractivity contribution in [1.82, 2.24) is 0 Å². The number of aliphatic hydroxyl groups is 1. The van der Waals surface area contributed by atoms with Gasteiger partial charge in [0.1, 0.15) is 0 Å². The summed E-state index contributed by atoms with van der Waals surface area (Å²) in [6.07, 6.45) is 0. The number of carbonyl (C=O) groups excluding carboxylic acids is 2. The molecule has 6 heteroatoms. The highest BCUT2D eigenvalue weighted by molar-refractivity contribution is 7.12. The van der Waals surface area contributed by atoms with E-state index in [1.54, 1.807) is 12.1 Å². The van der Waals surface area contributed by atoms with Crippen LogP contribution in [0, 0.1) is 0 Å². The monoisotopic (exact) mass is 474 g/mol. The van der Waals surface area contributed by atoms with Crippen molar-refractivity contribution in [3.8, 4) is 0 Å². The minimum absolute atomic E-state index is 0.121. The maximum absolute atomic E-state index is 13.4. The summed E-state index contributed by atoms with van der Waals surface area (Å²) in [5.74, 6) is -1.01. The first-order valence-electron chi connectivity index (χ1n) is 11.7. The van der Waals surface area contributed by atoms with Crippen molar-refractivity contribution in [2.24, 2.45) is 0 Å². The second-order valence-corrected chi connectivity index (χ2v) is 9.60. The van der Waals surface area contributed by atoms with Gasteiger partial charge in [-0.3, -0.25) is 14.5 Å². The van der Waals surface area contributed by atoms with Gasteiger partial charge < -0.3 is 10.0 Å². The topological polar surface area (TPSA) is 60.9 Å². The van der Waals surface area contributed by atoms with E-state index in [0.717, 1.165) is 29.9 Å². The van der Waals surface area contributed by atoms with E-state index < -0.39 is 17.7 Å². The van der Waals surface area contributed by atoms with E-state index in [4.69, 9.17) is 0 Å². The van der Waals surface area contributed by atoms with E-state index >= 15 is 0 Å². The molecule has 0 radical (unpaired) electrons. The predicted molar refractivity (Wildman–Crippen MR) is 139 cm³/mol. The lowest BCUT2D eigenvalue weighted by Gasteiger charge is -2.28. The number of carbonyl (C=O) groups is 2. The van der Waals surface area contributed by atoms with Crippen LogP contribution >= 0.6 is 11.3 Å². The van der Waals surface area contributed by atoms with Crippen molar-refractivity contribution in [2.75, 3.05) is 22.9 Å². The van der Waals surface area contributed by atoms with Gasteiger partial charge >= 0.3 is 0 Å². The van der Waals surface area contributed by atoms with Gasteiger partial charge in [-0.2, -0.15) is 0 Å².